The lowest BCUT2D eigenvalue weighted by Crippen LogP contribution is -2.44. The van der Waals surface area contributed by atoms with E-state index in [2.05, 4.69) is 15.7 Å². The second-order valence-corrected chi connectivity index (χ2v) is 8.62. The zero-order valence-corrected chi connectivity index (χ0v) is 18.2. The molecule has 0 spiro atoms. The molecule has 0 radical (unpaired) electrons. The van der Waals surface area contributed by atoms with E-state index in [-0.39, 0.29) is 17.6 Å². The lowest BCUT2D eigenvalue weighted by Gasteiger charge is -2.29. The Morgan fingerprint density at radius 1 is 1.22 bits per heavy atom. The van der Waals surface area contributed by atoms with E-state index in [1.54, 1.807) is 29.2 Å². The maximum Gasteiger partial charge on any atom is 0.220 e. The molecular formula is C24H24ClFN4O2. The number of halogens is 2. The molecule has 2 amide bonds. The van der Waals surface area contributed by atoms with Gasteiger partial charge in [0.2, 0.25) is 11.8 Å². The van der Waals surface area contributed by atoms with Crippen LogP contribution in [0.5, 0.6) is 0 Å². The van der Waals surface area contributed by atoms with Crippen molar-refractivity contribution in [3.05, 3.63) is 82.9 Å². The molecule has 166 valence electrons. The lowest BCUT2D eigenvalue weighted by atomic mass is 9.85. The van der Waals surface area contributed by atoms with Gasteiger partial charge in [-0.2, -0.15) is 5.10 Å². The summed E-state index contributed by atoms with van der Waals surface area (Å²) in [6.45, 7) is 0.324. The lowest BCUT2D eigenvalue weighted by molar-refractivity contribution is -0.122. The van der Waals surface area contributed by atoms with Crippen molar-refractivity contribution in [2.45, 2.75) is 44.2 Å². The molecule has 2 N–H and O–H groups in total. The predicted octanol–water partition coefficient (Wildman–Crippen LogP) is 3.95. The molecule has 1 saturated heterocycles. The molecule has 1 aliphatic rings. The van der Waals surface area contributed by atoms with Gasteiger partial charge in [-0.25, -0.2) is 9.07 Å². The normalized spacial score (nSPS) is 17.9. The number of nitrogens with zero attached hydrogens (tertiary/aromatic N) is 2. The third kappa shape index (κ3) is 5.53. The Bertz CT molecular complexity index is 1120. The second kappa shape index (κ2) is 9.53. The zero-order valence-electron chi connectivity index (χ0n) is 17.5. The topological polar surface area (TPSA) is 76.0 Å². The van der Waals surface area contributed by atoms with Crippen molar-refractivity contribution in [2.24, 2.45) is 0 Å². The quantitative estimate of drug-likeness (QED) is 0.541. The van der Waals surface area contributed by atoms with Gasteiger partial charge in [-0.05, 0) is 55.2 Å². The first-order chi connectivity index (χ1) is 15.4. The Hall–Kier alpha value is -3.19. The molecule has 1 aliphatic heterocycles. The van der Waals surface area contributed by atoms with E-state index in [4.69, 9.17) is 11.6 Å². The minimum Gasteiger partial charge on any atom is -0.352 e. The van der Waals surface area contributed by atoms with Crippen molar-refractivity contribution in [1.82, 2.24) is 20.4 Å². The Kier molecular flexibility index (Phi) is 6.55. The maximum atomic E-state index is 13.4. The highest BCUT2D eigenvalue weighted by atomic mass is 35.5. The van der Waals surface area contributed by atoms with Gasteiger partial charge in [-0.15, -0.1) is 0 Å². The van der Waals surface area contributed by atoms with Crippen molar-refractivity contribution in [3.8, 4) is 5.69 Å². The molecule has 3 aromatic rings. The van der Waals surface area contributed by atoms with E-state index in [1.807, 2.05) is 24.3 Å². The van der Waals surface area contributed by atoms with Crippen molar-refractivity contribution in [3.63, 3.8) is 0 Å². The summed E-state index contributed by atoms with van der Waals surface area (Å²) in [4.78, 5) is 24.4. The van der Waals surface area contributed by atoms with E-state index in [0.29, 0.717) is 49.4 Å². The number of nitrogens with one attached hydrogen (secondary N) is 2. The molecule has 4 rings (SSSR count). The molecule has 0 aliphatic carbocycles. The Morgan fingerprint density at radius 2 is 2.03 bits per heavy atom. The molecule has 0 saturated carbocycles. The molecule has 2 aromatic carbocycles. The van der Waals surface area contributed by atoms with Gasteiger partial charge in [0.15, 0.2) is 0 Å². The molecule has 1 fully saturated rings. The number of aromatic nitrogens is 2. The van der Waals surface area contributed by atoms with Gasteiger partial charge >= 0.3 is 0 Å². The van der Waals surface area contributed by atoms with Gasteiger partial charge in [0.1, 0.15) is 5.82 Å². The van der Waals surface area contributed by atoms with Crippen LogP contribution in [0.15, 0.2) is 60.9 Å². The SMILES string of the molecule is O=C(CC[C@@]1(Cc2ccc(Cl)cc2)CCC(=O)N1)NCc1cnn(-c2cccc(F)c2)c1. The Balaban J connectivity index is 1.32. The molecule has 32 heavy (non-hydrogen) atoms. The summed E-state index contributed by atoms with van der Waals surface area (Å²) < 4.78 is 15.0. The third-order valence-corrected chi connectivity index (χ3v) is 5.97. The number of rotatable bonds is 8. The fourth-order valence-corrected chi connectivity index (χ4v) is 4.15. The summed E-state index contributed by atoms with van der Waals surface area (Å²) in [7, 11) is 0. The number of carbonyl (C=O) groups is 2. The molecule has 1 aromatic heterocycles. The maximum absolute atomic E-state index is 13.4. The highest BCUT2D eigenvalue weighted by Crippen LogP contribution is 2.30. The minimum absolute atomic E-state index is 0.0177. The summed E-state index contributed by atoms with van der Waals surface area (Å²) in [6.07, 6.45) is 6.07. The Labute approximate surface area is 190 Å². The summed E-state index contributed by atoms with van der Waals surface area (Å²) in [6, 6.07) is 13.7. The van der Waals surface area contributed by atoms with E-state index < -0.39 is 5.54 Å². The van der Waals surface area contributed by atoms with Crippen LogP contribution in [0.4, 0.5) is 4.39 Å². The highest BCUT2D eigenvalue weighted by molar-refractivity contribution is 6.30. The Morgan fingerprint density at radius 3 is 2.75 bits per heavy atom. The second-order valence-electron chi connectivity index (χ2n) is 8.18. The first-order valence-electron chi connectivity index (χ1n) is 10.5. The summed E-state index contributed by atoms with van der Waals surface area (Å²) >= 11 is 5.97. The summed E-state index contributed by atoms with van der Waals surface area (Å²) in [5.74, 6) is -0.413. The van der Waals surface area contributed by atoms with Crippen molar-refractivity contribution in [2.75, 3.05) is 0 Å². The highest BCUT2D eigenvalue weighted by Gasteiger charge is 2.37. The van der Waals surface area contributed by atoms with Crippen molar-refractivity contribution >= 4 is 23.4 Å². The van der Waals surface area contributed by atoms with Gasteiger partial charge in [0, 0.05) is 41.7 Å². The molecule has 0 bridgehead atoms. The molecule has 0 unspecified atom stereocenters. The van der Waals surface area contributed by atoms with E-state index >= 15 is 0 Å². The molecule has 1 atom stereocenters. The van der Waals surface area contributed by atoms with E-state index in [9.17, 15) is 14.0 Å². The first-order valence-corrected chi connectivity index (χ1v) is 10.9. The van der Waals surface area contributed by atoms with Crippen LogP contribution in [0.25, 0.3) is 5.69 Å². The van der Waals surface area contributed by atoms with E-state index in [0.717, 1.165) is 11.1 Å². The summed E-state index contributed by atoms with van der Waals surface area (Å²) in [5.41, 5.74) is 2.07. The van der Waals surface area contributed by atoms with Gasteiger partial charge < -0.3 is 10.6 Å². The fraction of sp³-hybridized carbons (Fsp3) is 0.292. The van der Waals surface area contributed by atoms with E-state index in [1.165, 1.54) is 12.1 Å². The monoisotopic (exact) mass is 454 g/mol. The van der Waals surface area contributed by atoms with Gasteiger partial charge in [-0.3, -0.25) is 9.59 Å². The number of amides is 2. The van der Waals surface area contributed by atoms with Crippen molar-refractivity contribution < 1.29 is 14.0 Å². The zero-order chi connectivity index (χ0) is 22.6. The standard InChI is InChI=1S/C24H24ClFN4O2/c25-19-6-4-17(5-7-19)13-24(11-9-23(32)29-24)10-8-22(31)27-14-18-15-28-30(16-18)21-3-1-2-20(26)12-21/h1-7,12,15-16H,8-11,13-14H2,(H,27,31)(H,29,32)/t24-/m0/s1. The van der Waals surface area contributed by atoms with Crippen LogP contribution in [0, 0.1) is 5.82 Å². The molecule has 2 heterocycles. The van der Waals surface area contributed by atoms with Gasteiger partial charge in [0.25, 0.3) is 0 Å². The average molecular weight is 455 g/mol. The van der Waals surface area contributed by atoms with Gasteiger partial charge in [0.05, 0.1) is 11.9 Å². The fourth-order valence-electron chi connectivity index (χ4n) is 4.03. The average Bonchev–Trinajstić information content (AvgIpc) is 3.40. The largest absolute Gasteiger partial charge is 0.352 e. The predicted molar refractivity (Wildman–Crippen MR) is 120 cm³/mol. The minimum atomic E-state index is -0.426. The van der Waals surface area contributed by atoms with Crippen LogP contribution in [-0.4, -0.2) is 27.1 Å². The number of hydrogen-bond donors (Lipinski definition) is 2. The van der Waals surface area contributed by atoms with Crippen LogP contribution in [0.2, 0.25) is 5.02 Å². The summed E-state index contributed by atoms with van der Waals surface area (Å²) in [5, 5.41) is 10.9. The van der Waals surface area contributed by atoms with Crippen LogP contribution >= 0.6 is 11.6 Å². The van der Waals surface area contributed by atoms with Crippen LogP contribution < -0.4 is 10.6 Å². The first kappa shape index (κ1) is 22.0. The van der Waals surface area contributed by atoms with Crippen LogP contribution in [0.1, 0.15) is 36.8 Å². The number of carbonyl (C=O) groups excluding carboxylic acids is 2. The molecule has 8 heteroatoms. The molecule has 6 nitrogen and oxygen atoms in total. The van der Waals surface area contributed by atoms with Crippen LogP contribution in [-0.2, 0) is 22.6 Å². The van der Waals surface area contributed by atoms with Crippen molar-refractivity contribution in [1.29, 1.82) is 0 Å². The molecular weight excluding hydrogens is 431 g/mol. The smallest absolute Gasteiger partial charge is 0.220 e. The third-order valence-electron chi connectivity index (χ3n) is 5.72. The number of benzene rings is 2. The number of hydrogen-bond acceptors (Lipinski definition) is 3. The van der Waals surface area contributed by atoms with Gasteiger partial charge in [-0.1, -0.05) is 29.8 Å². The van der Waals surface area contributed by atoms with Crippen LogP contribution in [0.3, 0.4) is 0 Å².